The molecular weight excluding hydrogens is 240 g/mol. The molecule has 0 spiro atoms. The van der Waals surface area contributed by atoms with E-state index in [-0.39, 0.29) is 17.8 Å². The fourth-order valence-electron chi connectivity index (χ4n) is 2.30. The molecule has 6 nitrogen and oxygen atoms in total. The van der Waals surface area contributed by atoms with Crippen molar-refractivity contribution in [2.24, 2.45) is 11.7 Å². The third-order valence-electron chi connectivity index (χ3n) is 3.26. The highest BCUT2D eigenvalue weighted by molar-refractivity contribution is 7.87. The average Bonchev–Trinajstić information content (AvgIpc) is 2.66. The van der Waals surface area contributed by atoms with Crippen molar-refractivity contribution in [1.82, 2.24) is 9.03 Å². The summed E-state index contributed by atoms with van der Waals surface area (Å²) in [6.07, 6.45) is 2.46. The number of nitrogens with two attached hydrogens (primary N) is 1. The molecule has 17 heavy (non-hydrogen) atoms. The maximum atomic E-state index is 12.0. The van der Waals surface area contributed by atoms with Gasteiger partial charge in [0, 0.05) is 25.0 Å². The first kappa shape index (κ1) is 14.4. The zero-order valence-corrected chi connectivity index (χ0v) is 11.3. The van der Waals surface area contributed by atoms with Crippen molar-refractivity contribution in [2.45, 2.75) is 39.2 Å². The van der Waals surface area contributed by atoms with Gasteiger partial charge in [0.25, 0.3) is 10.2 Å². The van der Waals surface area contributed by atoms with Crippen molar-refractivity contribution in [2.75, 3.05) is 13.1 Å². The first-order chi connectivity index (χ1) is 7.92. The van der Waals surface area contributed by atoms with Gasteiger partial charge in [0.05, 0.1) is 5.84 Å². The Labute approximate surface area is 103 Å². The summed E-state index contributed by atoms with van der Waals surface area (Å²) >= 11 is 0. The van der Waals surface area contributed by atoms with Gasteiger partial charge in [0.1, 0.15) is 0 Å². The standard InChI is InChI=1S/C10H22N4O2S/c1-3-14(4-2)17(15,16)13-9-7-5-6-8(9)10(11)12/h8-9,13H,3-7H2,1-2H3,(H3,11,12). The Morgan fingerprint density at radius 2 is 2.00 bits per heavy atom. The van der Waals surface area contributed by atoms with E-state index in [2.05, 4.69) is 4.72 Å². The fourth-order valence-corrected chi connectivity index (χ4v) is 3.80. The highest BCUT2D eigenvalue weighted by Crippen LogP contribution is 2.26. The van der Waals surface area contributed by atoms with Crippen LogP contribution in [0, 0.1) is 11.3 Å². The van der Waals surface area contributed by atoms with Crippen LogP contribution in [-0.2, 0) is 10.2 Å². The third-order valence-corrected chi connectivity index (χ3v) is 5.06. The molecule has 0 aromatic heterocycles. The summed E-state index contributed by atoms with van der Waals surface area (Å²) in [5.41, 5.74) is 5.48. The summed E-state index contributed by atoms with van der Waals surface area (Å²) in [6.45, 7) is 4.51. The van der Waals surface area contributed by atoms with E-state index in [4.69, 9.17) is 11.1 Å². The van der Waals surface area contributed by atoms with E-state index in [9.17, 15) is 8.42 Å². The van der Waals surface area contributed by atoms with Crippen LogP contribution >= 0.6 is 0 Å². The smallest absolute Gasteiger partial charge is 0.279 e. The van der Waals surface area contributed by atoms with Crippen LogP contribution < -0.4 is 10.5 Å². The second-order valence-electron chi connectivity index (χ2n) is 4.31. The zero-order valence-electron chi connectivity index (χ0n) is 10.4. The van der Waals surface area contributed by atoms with Crippen LogP contribution in [0.1, 0.15) is 33.1 Å². The van der Waals surface area contributed by atoms with Crippen LogP contribution in [0.5, 0.6) is 0 Å². The molecule has 0 heterocycles. The van der Waals surface area contributed by atoms with Gasteiger partial charge in [0.15, 0.2) is 0 Å². The normalized spacial score (nSPS) is 25.4. The molecule has 0 radical (unpaired) electrons. The average molecular weight is 262 g/mol. The molecule has 1 fully saturated rings. The first-order valence-corrected chi connectivity index (χ1v) is 7.47. The molecule has 0 bridgehead atoms. The van der Waals surface area contributed by atoms with Gasteiger partial charge >= 0.3 is 0 Å². The third kappa shape index (κ3) is 3.40. The minimum atomic E-state index is -3.44. The Morgan fingerprint density at radius 3 is 2.47 bits per heavy atom. The van der Waals surface area contributed by atoms with E-state index in [1.165, 1.54) is 4.31 Å². The largest absolute Gasteiger partial charge is 0.387 e. The predicted octanol–water partition coefficient (Wildman–Crippen LogP) is 0.267. The summed E-state index contributed by atoms with van der Waals surface area (Å²) in [5.74, 6) is -0.0740. The van der Waals surface area contributed by atoms with Gasteiger partial charge in [-0.15, -0.1) is 0 Å². The lowest BCUT2D eigenvalue weighted by molar-refractivity contribution is 0.419. The topological polar surface area (TPSA) is 99.3 Å². The molecule has 0 amide bonds. The molecular formula is C10H22N4O2S. The lowest BCUT2D eigenvalue weighted by Gasteiger charge is -2.24. The SMILES string of the molecule is CCN(CC)S(=O)(=O)NC1CCCC1C(=N)N. The predicted molar refractivity (Wildman–Crippen MR) is 68.0 cm³/mol. The molecule has 0 aromatic carbocycles. The molecule has 0 aliphatic heterocycles. The maximum absolute atomic E-state index is 12.0. The second kappa shape index (κ2) is 5.79. The summed E-state index contributed by atoms with van der Waals surface area (Å²) in [6, 6.07) is -0.224. The summed E-state index contributed by atoms with van der Waals surface area (Å²) in [4.78, 5) is 0. The number of amidine groups is 1. The number of hydrogen-bond acceptors (Lipinski definition) is 3. The minimum Gasteiger partial charge on any atom is -0.387 e. The summed E-state index contributed by atoms with van der Waals surface area (Å²) < 4.78 is 28.1. The van der Waals surface area contributed by atoms with Crippen LogP contribution in [-0.4, -0.2) is 37.7 Å². The molecule has 7 heteroatoms. The highest BCUT2D eigenvalue weighted by atomic mass is 32.2. The first-order valence-electron chi connectivity index (χ1n) is 6.03. The van der Waals surface area contributed by atoms with E-state index in [0.717, 1.165) is 19.3 Å². The van der Waals surface area contributed by atoms with E-state index in [1.807, 2.05) is 0 Å². The number of nitrogens with zero attached hydrogens (tertiary/aromatic N) is 1. The van der Waals surface area contributed by atoms with Crippen LogP contribution in [0.3, 0.4) is 0 Å². The molecule has 4 N–H and O–H groups in total. The van der Waals surface area contributed by atoms with Gasteiger partial charge < -0.3 is 5.73 Å². The molecule has 100 valence electrons. The highest BCUT2D eigenvalue weighted by Gasteiger charge is 2.33. The zero-order chi connectivity index (χ0) is 13.1. The fraction of sp³-hybridized carbons (Fsp3) is 0.900. The van der Waals surface area contributed by atoms with Gasteiger partial charge in [-0.25, -0.2) is 0 Å². The second-order valence-corrected chi connectivity index (χ2v) is 6.01. The molecule has 1 rings (SSSR count). The molecule has 0 saturated heterocycles. The van der Waals surface area contributed by atoms with Gasteiger partial charge in [-0.1, -0.05) is 20.3 Å². The number of rotatable bonds is 6. The van der Waals surface area contributed by atoms with E-state index in [1.54, 1.807) is 13.8 Å². The Kier molecular flexibility index (Phi) is 4.91. The van der Waals surface area contributed by atoms with E-state index >= 15 is 0 Å². The number of nitrogens with one attached hydrogen (secondary N) is 2. The van der Waals surface area contributed by atoms with Crippen LogP contribution in [0.4, 0.5) is 0 Å². The van der Waals surface area contributed by atoms with Gasteiger partial charge in [-0.05, 0) is 12.8 Å². The molecule has 1 aliphatic rings. The Hall–Kier alpha value is -0.660. The lowest BCUT2D eigenvalue weighted by Crippen LogP contribution is -2.48. The Bertz CT molecular complexity index is 365. The van der Waals surface area contributed by atoms with Crippen molar-refractivity contribution in [3.63, 3.8) is 0 Å². The van der Waals surface area contributed by atoms with Crippen molar-refractivity contribution < 1.29 is 8.42 Å². The van der Waals surface area contributed by atoms with Crippen molar-refractivity contribution in [1.29, 1.82) is 5.41 Å². The number of hydrogen-bond donors (Lipinski definition) is 3. The van der Waals surface area contributed by atoms with Gasteiger partial charge in [0.2, 0.25) is 0 Å². The molecule has 0 aromatic rings. The lowest BCUT2D eigenvalue weighted by atomic mass is 10.0. The van der Waals surface area contributed by atoms with E-state index in [0.29, 0.717) is 13.1 Å². The summed E-state index contributed by atoms with van der Waals surface area (Å²) in [5, 5.41) is 7.46. The monoisotopic (exact) mass is 262 g/mol. The molecule has 2 atom stereocenters. The molecule has 1 aliphatic carbocycles. The van der Waals surface area contributed by atoms with Crippen molar-refractivity contribution >= 4 is 16.0 Å². The van der Waals surface area contributed by atoms with Gasteiger partial charge in [-0.2, -0.15) is 17.4 Å². The van der Waals surface area contributed by atoms with E-state index < -0.39 is 10.2 Å². The van der Waals surface area contributed by atoms with Crippen molar-refractivity contribution in [3.05, 3.63) is 0 Å². The Morgan fingerprint density at radius 1 is 1.41 bits per heavy atom. The summed E-state index contributed by atoms with van der Waals surface area (Å²) in [7, 11) is -3.44. The van der Waals surface area contributed by atoms with Crippen LogP contribution in [0.25, 0.3) is 0 Å². The molecule has 2 unspecified atom stereocenters. The van der Waals surface area contributed by atoms with Gasteiger partial charge in [-0.3, -0.25) is 5.41 Å². The quantitative estimate of drug-likeness (QED) is 0.473. The maximum Gasteiger partial charge on any atom is 0.279 e. The van der Waals surface area contributed by atoms with Crippen LogP contribution in [0.15, 0.2) is 0 Å². The molecule has 1 saturated carbocycles. The Balaban J connectivity index is 2.73. The van der Waals surface area contributed by atoms with Crippen molar-refractivity contribution in [3.8, 4) is 0 Å². The van der Waals surface area contributed by atoms with Crippen LogP contribution in [0.2, 0.25) is 0 Å². The minimum absolute atomic E-state index is 0.0785.